The van der Waals surface area contributed by atoms with Crippen LogP contribution in [-0.4, -0.2) is 6.04 Å². The van der Waals surface area contributed by atoms with Crippen LogP contribution in [0, 0.1) is 46.8 Å². The highest BCUT2D eigenvalue weighted by atomic mass is 14.8. The first kappa shape index (κ1) is 9.83. The molecule has 0 aromatic carbocycles. The summed E-state index contributed by atoms with van der Waals surface area (Å²) in [6.45, 7) is 2.30. The Kier molecular flexibility index (Phi) is 1.60. The van der Waals surface area contributed by atoms with Gasteiger partial charge in [-0.3, -0.25) is 0 Å². The first-order valence-corrected chi connectivity index (χ1v) is 7.93. The minimum Gasteiger partial charge on any atom is -0.327 e. The predicted molar refractivity (Wildman–Crippen MR) is 68.2 cm³/mol. The summed E-state index contributed by atoms with van der Waals surface area (Å²) in [7, 11) is 0. The molecule has 0 spiro atoms. The van der Waals surface area contributed by atoms with E-state index in [0.29, 0.717) is 11.5 Å². The van der Waals surface area contributed by atoms with Gasteiger partial charge in [0.15, 0.2) is 0 Å². The van der Waals surface area contributed by atoms with Crippen molar-refractivity contribution in [1.82, 2.24) is 0 Å². The van der Waals surface area contributed by atoms with Gasteiger partial charge in [-0.05, 0) is 92.3 Å². The Morgan fingerprint density at radius 1 is 0.824 bits per heavy atom. The molecule has 1 nitrogen and oxygen atoms in total. The van der Waals surface area contributed by atoms with Crippen molar-refractivity contribution in [1.29, 1.82) is 0 Å². The maximum atomic E-state index is 6.40. The summed E-state index contributed by atoms with van der Waals surface area (Å²) >= 11 is 0. The van der Waals surface area contributed by atoms with Gasteiger partial charge < -0.3 is 5.73 Å². The Labute approximate surface area is 105 Å². The van der Waals surface area contributed by atoms with Crippen molar-refractivity contribution >= 4 is 0 Å². The number of hydrogen-bond acceptors (Lipinski definition) is 1. The van der Waals surface area contributed by atoms with E-state index < -0.39 is 0 Å². The molecule has 7 aliphatic carbocycles. The van der Waals surface area contributed by atoms with Gasteiger partial charge in [-0.25, -0.2) is 0 Å². The monoisotopic (exact) mass is 231 g/mol. The van der Waals surface area contributed by atoms with E-state index >= 15 is 0 Å². The molecule has 7 fully saturated rings. The lowest BCUT2D eigenvalue weighted by atomic mass is 9.32. The largest absolute Gasteiger partial charge is 0.327 e. The molecule has 8 bridgehead atoms. The molecule has 1 unspecified atom stereocenters. The molecule has 7 saturated carbocycles. The molecule has 1 heteroatoms. The summed E-state index contributed by atoms with van der Waals surface area (Å²) in [5, 5.41) is 0. The minimum absolute atomic E-state index is 0.451. The molecule has 17 heavy (non-hydrogen) atoms. The molecule has 0 heterocycles. The Morgan fingerprint density at radius 3 is 1.59 bits per heavy atom. The van der Waals surface area contributed by atoms with Crippen LogP contribution in [0.15, 0.2) is 0 Å². The molecule has 2 N–H and O–H groups in total. The van der Waals surface area contributed by atoms with Crippen molar-refractivity contribution in [3.8, 4) is 0 Å². The highest BCUT2D eigenvalue weighted by Crippen LogP contribution is 2.74. The van der Waals surface area contributed by atoms with Crippen molar-refractivity contribution in [3.05, 3.63) is 0 Å². The van der Waals surface area contributed by atoms with E-state index in [4.69, 9.17) is 5.73 Å². The van der Waals surface area contributed by atoms with E-state index in [1.54, 1.807) is 19.3 Å². The van der Waals surface area contributed by atoms with Crippen molar-refractivity contribution in [2.24, 2.45) is 52.6 Å². The standard InChI is InChI=1S/C16H25N/c1-8(17)16-5-13-10-2-9-3-11(13)15(7-16)12(4-9)14(10)6-16/h8-15H,2-7,17H2,1H3. The normalized spacial score (nSPS) is 67.8. The Hall–Kier alpha value is -0.0400. The van der Waals surface area contributed by atoms with Gasteiger partial charge in [0.05, 0.1) is 0 Å². The molecule has 94 valence electrons. The van der Waals surface area contributed by atoms with Crippen molar-refractivity contribution in [3.63, 3.8) is 0 Å². The topological polar surface area (TPSA) is 26.0 Å². The van der Waals surface area contributed by atoms with Crippen molar-refractivity contribution in [2.45, 2.75) is 51.5 Å². The van der Waals surface area contributed by atoms with Crippen LogP contribution in [0.3, 0.4) is 0 Å². The molecule has 7 rings (SSSR count). The van der Waals surface area contributed by atoms with Crippen LogP contribution in [0.2, 0.25) is 0 Å². The quantitative estimate of drug-likeness (QED) is 0.737. The second kappa shape index (κ2) is 2.76. The highest BCUT2D eigenvalue weighted by molar-refractivity contribution is 5.17. The third-order valence-corrected chi connectivity index (χ3v) is 8.01. The fraction of sp³-hybridized carbons (Fsp3) is 1.00. The van der Waals surface area contributed by atoms with E-state index in [1.165, 1.54) is 19.3 Å². The Balaban J connectivity index is 1.63. The van der Waals surface area contributed by atoms with Crippen LogP contribution in [0.1, 0.15) is 45.4 Å². The van der Waals surface area contributed by atoms with Crippen LogP contribution in [0.4, 0.5) is 0 Å². The summed E-state index contributed by atoms with van der Waals surface area (Å²) in [6.07, 6.45) is 9.32. The maximum Gasteiger partial charge on any atom is 0.00673 e. The molecular formula is C16H25N. The maximum absolute atomic E-state index is 6.40. The molecule has 0 amide bonds. The fourth-order valence-corrected chi connectivity index (χ4v) is 7.52. The molecule has 0 saturated heterocycles. The van der Waals surface area contributed by atoms with Gasteiger partial charge in [0, 0.05) is 6.04 Å². The SMILES string of the molecule is CC(N)C12CC3C4CC5CC3C(C1)C(C5)C4C2. The van der Waals surface area contributed by atoms with Crippen LogP contribution >= 0.6 is 0 Å². The van der Waals surface area contributed by atoms with Gasteiger partial charge in [0.2, 0.25) is 0 Å². The molecule has 0 aliphatic heterocycles. The molecule has 0 radical (unpaired) electrons. The lowest BCUT2D eigenvalue weighted by molar-refractivity contribution is -0.236. The Bertz CT molecular complexity index is 311. The first-order valence-electron chi connectivity index (χ1n) is 7.93. The fourth-order valence-electron chi connectivity index (χ4n) is 7.52. The zero-order valence-electron chi connectivity index (χ0n) is 10.9. The zero-order chi connectivity index (χ0) is 11.4. The zero-order valence-corrected chi connectivity index (χ0v) is 10.9. The first-order chi connectivity index (χ1) is 8.18. The van der Waals surface area contributed by atoms with E-state index in [-0.39, 0.29) is 0 Å². The summed E-state index contributed by atoms with van der Waals surface area (Å²) in [4.78, 5) is 0. The second-order valence-corrected chi connectivity index (χ2v) is 8.32. The lowest BCUT2D eigenvalue weighted by Gasteiger charge is -2.73. The summed E-state index contributed by atoms with van der Waals surface area (Å²) < 4.78 is 0. The van der Waals surface area contributed by atoms with Crippen LogP contribution in [0.25, 0.3) is 0 Å². The highest BCUT2D eigenvalue weighted by Gasteiger charge is 2.67. The molecule has 1 atom stereocenters. The van der Waals surface area contributed by atoms with Crippen molar-refractivity contribution in [2.75, 3.05) is 0 Å². The lowest BCUT2D eigenvalue weighted by Crippen LogP contribution is -2.67. The van der Waals surface area contributed by atoms with Crippen LogP contribution < -0.4 is 5.73 Å². The third-order valence-electron chi connectivity index (χ3n) is 8.01. The van der Waals surface area contributed by atoms with Gasteiger partial charge in [0.1, 0.15) is 0 Å². The second-order valence-electron chi connectivity index (χ2n) is 8.32. The number of rotatable bonds is 1. The van der Waals surface area contributed by atoms with E-state index in [0.717, 1.165) is 41.4 Å². The van der Waals surface area contributed by atoms with Crippen molar-refractivity contribution < 1.29 is 0 Å². The third kappa shape index (κ3) is 0.959. The Morgan fingerprint density at radius 2 is 1.24 bits per heavy atom. The molecular weight excluding hydrogens is 206 g/mol. The van der Waals surface area contributed by atoms with Gasteiger partial charge in [-0.1, -0.05) is 0 Å². The number of hydrogen-bond donors (Lipinski definition) is 1. The van der Waals surface area contributed by atoms with Crippen LogP contribution in [0.5, 0.6) is 0 Å². The molecule has 7 aliphatic rings. The van der Waals surface area contributed by atoms with Gasteiger partial charge >= 0.3 is 0 Å². The van der Waals surface area contributed by atoms with E-state index in [1.807, 2.05) is 0 Å². The predicted octanol–water partition coefficient (Wildman–Crippen LogP) is 3.04. The van der Waals surface area contributed by atoms with E-state index in [2.05, 4.69) is 6.92 Å². The summed E-state index contributed by atoms with van der Waals surface area (Å²) in [5.74, 6) is 7.87. The summed E-state index contributed by atoms with van der Waals surface area (Å²) in [6, 6.07) is 0.451. The van der Waals surface area contributed by atoms with Crippen LogP contribution in [-0.2, 0) is 0 Å². The average Bonchev–Trinajstić information content (AvgIpc) is 2.34. The number of nitrogens with two attached hydrogens (primary N) is 1. The minimum atomic E-state index is 0.451. The van der Waals surface area contributed by atoms with Gasteiger partial charge in [-0.2, -0.15) is 0 Å². The molecule has 0 aromatic rings. The average molecular weight is 231 g/mol. The summed E-state index contributed by atoms with van der Waals surface area (Å²) in [5.41, 5.74) is 6.98. The van der Waals surface area contributed by atoms with Gasteiger partial charge in [-0.15, -0.1) is 0 Å². The molecule has 0 aromatic heterocycles. The smallest absolute Gasteiger partial charge is 0.00673 e. The van der Waals surface area contributed by atoms with Gasteiger partial charge in [0.25, 0.3) is 0 Å². The van der Waals surface area contributed by atoms with E-state index in [9.17, 15) is 0 Å².